The predicted octanol–water partition coefficient (Wildman–Crippen LogP) is 11.3. The molecule has 0 bridgehead atoms. The fraction of sp³-hybridized carbons (Fsp3) is 0.467. The Bertz CT molecular complexity index is 3170. The highest BCUT2D eigenvalue weighted by atomic mass is 16.5. The summed E-state index contributed by atoms with van der Waals surface area (Å²) in [4.78, 5) is 40.4. The number of ether oxygens (including phenoxy) is 2. The highest BCUT2D eigenvalue weighted by molar-refractivity contribution is 6.02. The van der Waals surface area contributed by atoms with Crippen molar-refractivity contribution >= 4 is 55.7 Å². The number of benzene rings is 4. The number of fused-ring (bicyclic) bond motifs is 6. The van der Waals surface area contributed by atoms with Crippen LogP contribution in [-0.4, -0.2) is 102 Å². The standard InChI is InChI=1S/2C29H32N4O2.C2H6/c2*1-3-9-32-10-8-20-12-26-24(14-23(20)29(32)34)30-28(31(26)2)27-13-21-7-6-19(22-16-35-17-22)11-25(21)33(27)15-18-4-5-18;1-2/h2*6-7,11-14,18,22H,3-5,8-10,15-17H2,1-2H3;1-2H3. The van der Waals surface area contributed by atoms with Crippen LogP contribution in [0.2, 0.25) is 0 Å². The van der Waals surface area contributed by atoms with E-state index in [-0.39, 0.29) is 11.8 Å². The molecule has 0 spiro atoms. The van der Waals surface area contributed by atoms with Gasteiger partial charge in [0.1, 0.15) is 0 Å². The van der Waals surface area contributed by atoms with Crippen molar-refractivity contribution in [1.82, 2.24) is 38.0 Å². The summed E-state index contributed by atoms with van der Waals surface area (Å²) in [5.74, 6) is 4.79. The van der Waals surface area contributed by atoms with Crippen molar-refractivity contribution in [3.05, 3.63) is 106 Å². The van der Waals surface area contributed by atoms with Gasteiger partial charge in [0.05, 0.1) is 59.9 Å². The minimum Gasteiger partial charge on any atom is -0.380 e. The van der Waals surface area contributed by atoms with Crippen molar-refractivity contribution in [1.29, 1.82) is 0 Å². The maximum atomic E-state index is 13.1. The summed E-state index contributed by atoms with van der Waals surface area (Å²) in [5, 5.41) is 2.53. The Balaban J connectivity index is 0.000000142. The molecule has 12 nitrogen and oxygen atoms in total. The number of hydrogen-bond donors (Lipinski definition) is 0. The van der Waals surface area contributed by atoms with Gasteiger partial charge in [-0.15, -0.1) is 0 Å². The first-order chi connectivity index (χ1) is 35.2. The lowest BCUT2D eigenvalue weighted by molar-refractivity contribution is 0.00841. The van der Waals surface area contributed by atoms with Crippen LogP contribution >= 0.6 is 0 Å². The molecule has 4 aromatic heterocycles. The maximum Gasteiger partial charge on any atom is 0.254 e. The van der Waals surface area contributed by atoms with Crippen LogP contribution in [-0.2, 0) is 49.5 Å². The summed E-state index contributed by atoms with van der Waals surface area (Å²) in [6.45, 7) is 16.9. The average molecular weight is 967 g/mol. The van der Waals surface area contributed by atoms with Gasteiger partial charge in [-0.2, -0.15) is 0 Å². The van der Waals surface area contributed by atoms with E-state index in [0.29, 0.717) is 11.8 Å². The van der Waals surface area contributed by atoms with Crippen molar-refractivity contribution in [3.8, 4) is 23.0 Å². The molecule has 374 valence electrons. The third-order valence-corrected chi connectivity index (χ3v) is 16.3. The van der Waals surface area contributed by atoms with E-state index in [1.807, 2.05) is 35.8 Å². The minimum atomic E-state index is 0.151. The van der Waals surface area contributed by atoms with Gasteiger partial charge in [0, 0.05) is 98.1 Å². The smallest absolute Gasteiger partial charge is 0.254 e. The van der Waals surface area contributed by atoms with Gasteiger partial charge in [0.15, 0.2) is 11.6 Å². The first-order valence-corrected chi connectivity index (χ1v) is 27.2. The molecule has 4 aromatic carbocycles. The quantitative estimate of drug-likeness (QED) is 0.121. The van der Waals surface area contributed by atoms with Crippen molar-refractivity contribution < 1.29 is 19.1 Å². The summed E-state index contributed by atoms with van der Waals surface area (Å²) in [5.41, 5.74) is 15.7. The molecule has 12 heteroatoms. The fourth-order valence-corrected chi connectivity index (χ4v) is 11.6. The van der Waals surface area contributed by atoms with Crippen molar-refractivity contribution in [2.24, 2.45) is 25.9 Å². The second-order valence-corrected chi connectivity index (χ2v) is 21.3. The van der Waals surface area contributed by atoms with Crippen LogP contribution in [0.15, 0.2) is 72.8 Å². The molecule has 0 atom stereocenters. The first kappa shape index (κ1) is 46.8. The van der Waals surface area contributed by atoms with E-state index in [0.717, 1.165) is 159 Å². The van der Waals surface area contributed by atoms with Gasteiger partial charge >= 0.3 is 0 Å². The Morgan fingerprint density at radius 1 is 0.542 bits per heavy atom. The number of aryl methyl sites for hydroxylation is 2. The molecular weight excluding hydrogens is 897 g/mol. The zero-order valence-corrected chi connectivity index (χ0v) is 43.2. The van der Waals surface area contributed by atoms with Gasteiger partial charge in [-0.05, 0) is 134 Å². The summed E-state index contributed by atoms with van der Waals surface area (Å²) in [6, 6.07) is 26.8. The molecule has 8 heterocycles. The molecule has 14 rings (SSSR count). The van der Waals surface area contributed by atoms with Gasteiger partial charge in [-0.1, -0.05) is 52.0 Å². The van der Waals surface area contributed by atoms with Gasteiger partial charge in [0.2, 0.25) is 0 Å². The number of aromatic nitrogens is 6. The molecule has 2 saturated carbocycles. The van der Waals surface area contributed by atoms with Gasteiger partial charge in [-0.3, -0.25) is 9.59 Å². The van der Waals surface area contributed by atoms with Crippen molar-refractivity contribution in [2.75, 3.05) is 52.6 Å². The van der Waals surface area contributed by atoms with Crippen molar-refractivity contribution in [2.45, 2.75) is 104 Å². The van der Waals surface area contributed by atoms with Crippen LogP contribution in [0, 0.1) is 11.8 Å². The third-order valence-electron chi connectivity index (χ3n) is 16.3. The lowest BCUT2D eigenvalue weighted by Crippen LogP contribution is -2.38. The van der Waals surface area contributed by atoms with E-state index in [2.05, 4.69) is 107 Å². The highest BCUT2D eigenvalue weighted by Crippen LogP contribution is 2.41. The van der Waals surface area contributed by atoms with Crippen LogP contribution in [0.25, 0.3) is 66.9 Å². The molecule has 2 saturated heterocycles. The highest BCUT2D eigenvalue weighted by Gasteiger charge is 2.32. The Labute approximate surface area is 422 Å². The van der Waals surface area contributed by atoms with Gasteiger partial charge in [-0.25, -0.2) is 9.97 Å². The number of hydrogen-bond acceptors (Lipinski definition) is 6. The Morgan fingerprint density at radius 2 is 0.958 bits per heavy atom. The minimum absolute atomic E-state index is 0.151. The van der Waals surface area contributed by atoms with Crippen LogP contribution in [0.5, 0.6) is 0 Å². The second-order valence-electron chi connectivity index (χ2n) is 21.3. The largest absolute Gasteiger partial charge is 0.380 e. The zero-order chi connectivity index (χ0) is 49.4. The first-order valence-electron chi connectivity index (χ1n) is 27.2. The topological polar surface area (TPSA) is 105 Å². The molecule has 4 aliphatic heterocycles. The van der Waals surface area contributed by atoms with Crippen LogP contribution in [0.4, 0.5) is 0 Å². The molecule has 0 radical (unpaired) electrons. The monoisotopic (exact) mass is 967 g/mol. The molecule has 8 aromatic rings. The van der Waals surface area contributed by atoms with E-state index in [1.54, 1.807) is 0 Å². The Morgan fingerprint density at radius 3 is 1.32 bits per heavy atom. The molecular formula is C60H70N8O4. The van der Waals surface area contributed by atoms with Gasteiger partial charge < -0.3 is 37.5 Å². The second kappa shape index (κ2) is 19.0. The zero-order valence-electron chi connectivity index (χ0n) is 43.2. The van der Waals surface area contributed by atoms with Gasteiger partial charge in [0.25, 0.3) is 11.8 Å². The summed E-state index contributed by atoms with van der Waals surface area (Å²) in [6.07, 6.45) is 9.01. The molecule has 72 heavy (non-hydrogen) atoms. The van der Waals surface area contributed by atoms with E-state index < -0.39 is 0 Å². The molecule has 0 N–H and O–H groups in total. The lowest BCUT2D eigenvalue weighted by atomic mass is 9.97. The predicted molar refractivity (Wildman–Crippen MR) is 287 cm³/mol. The molecule has 0 unspecified atom stereocenters. The number of amides is 2. The third kappa shape index (κ3) is 8.32. The summed E-state index contributed by atoms with van der Waals surface area (Å²) >= 11 is 0. The molecule has 4 fully saturated rings. The van der Waals surface area contributed by atoms with Crippen LogP contribution in [0.3, 0.4) is 0 Å². The number of carbonyl (C=O) groups is 2. The Kier molecular flexibility index (Phi) is 12.3. The average Bonchev–Trinajstić information content (AvgIpc) is 4.25. The normalized spacial score (nSPS) is 18.0. The molecule has 2 aliphatic carbocycles. The molecule has 2 amide bonds. The van der Waals surface area contributed by atoms with E-state index in [9.17, 15) is 9.59 Å². The summed E-state index contributed by atoms with van der Waals surface area (Å²) in [7, 11) is 4.22. The number of nitrogens with zero attached hydrogens (tertiary/aromatic N) is 8. The number of carbonyl (C=O) groups excluding carboxylic acids is 2. The van der Waals surface area contributed by atoms with Crippen LogP contribution in [0.1, 0.15) is 121 Å². The Hall–Kier alpha value is -6.24. The van der Waals surface area contributed by atoms with E-state index >= 15 is 0 Å². The van der Waals surface area contributed by atoms with Crippen LogP contribution < -0.4 is 0 Å². The SMILES string of the molecule is CC.CCCN1CCc2cc3c(cc2C1=O)nc(-c1cc2ccc(C4COC4)cc2n1CC1CC1)n3C.CCCN1CCc2cc3c(cc2C1=O)nc(-c1cc2ccc(C4COC4)cc2n1CC1CC1)n3C. The fourth-order valence-electron chi connectivity index (χ4n) is 11.6. The van der Waals surface area contributed by atoms with E-state index in [1.165, 1.54) is 70.0 Å². The number of imidazole rings is 2. The summed E-state index contributed by atoms with van der Waals surface area (Å²) < 4.78 is 20.3. The lowest BCUT2D eigenvalue weighted by Gasteiger charge is -2.28. The van der Waals surface area contributed by atoms with E-state index in [4.69, 9.17) is 19.4 Å². The maximum absolute atomic E-state index is 13.1. The van der Waals surface area contributed by atoms with Crippen molar-refractivity contribution in [3.63, 3.8) is 0 Å². The number of rotatable bonds is 12. The molecule has 6 aliphatic rings.